The summed E-state index contributed by atoms with van der Waals surface area (Å²) >= 11 is 0. The van der Waals surface area contributed by atoms with Crippen molar-refractivity contribution in [3.8, 4) is 0 Å². The van der Waals surface area contributed by atoms with Gasteiger partial charge in [0.1, 0.15) is 0 Å². The first-order valence-corrected chi connectivity index (χ1v) is 4.20. The molecule has 0 saturated heterocycles. The molecule has 0 atom stereocenters. The molecule has 0 heterocycles. The number of hydrogen-bond donors (Lipinski definition) is 1. The van der Waals surface area contributed by atoms with Gasteiger partial charge >= 0.3 is 5.97 Å². The Bertz CT molecular complexity index is 478. The summed E-state index contributed by atoms with van der Waals surface area (Å²) in [4.78, 5) is 30.7. The van der Waals surface area contributed by atoms with Crippen molar-refractivity contribution in [3.05, 3.63) is 46.0 Å². The molecule has 82 valence electrons. The Hall–Kier alpha value is -2.50. The van der Waals surface area contributed by atoms with Crippen molar-refractivity contribution in [1.29, 1.82) is 0 Å². The third-order valence-electron chi connectivity index (χ3n) is 1.72. The molecule has 16 heavy (non-hydrogen) atoms. The molecule has 0 aromatic heterocycles. The van der Waals surface area contributed by atoms with Crippen LogP contribution in [0.25, 0.3) is 6.08 Å². The first kappa shape index (κ1) is 11.6. The van der Waals surface area contributed by atoms with E-state index in [-0.39, 0.29) is 5.69 Å². The highest BCUT2D eigenvalue weighted by atomic mass is 16.6. The Labute approximate surface area is 90.0 Å². The number of aliphatic carboxylic acids is 1. The van der Waals surface area contributed by atoms with Gasteiger partial charge in [0.25, 0.3) is 11.5 Å². The van der Waals surface area contributed by atoms with Crippen LogP contribution in [0.1, 0.15) is 5.56 Å². The van der Waals surface area contributed by atoms with Gasteiger partial charge in [-0.2, -0.15) is 0 Å². The zero-order valence-electron chi connectivity index (χ0n) is 7.99. The van der Waals surface area contributed by atoms with Crippen LogP contribution in [0.2, 0.25) is 0 Å². The van der Waals surface area contributed by atoms with Crippen LogP contribution in [0.5, 0.6) is 0 Å². The number of carboxylic acid groups (broad SMARTS) is 1. The largest absolute Gasteiger partial charge is 0.475 e. The van der Waals surface area contributed by atoms with Crippen LogP contribution in [0.15, 0.2) is 30.3 Å². The van der Waals surface area contributed by atoms with Gasteiger partial charge in [0.15, 0.2) is 0 Å². The van der Waals surface area contributed by atoms with E-state index in [2.05, 4.69) is 0 Å². The van der Waals surface area contributed by atoms with Crippen LogP contribution < -0.4 is 0 Å². The fraction of sp³-hybridized carbons (Fsp3) is 0. The molecule has 1 aromatic rings. The van der Waals surface area contributed by atoms with Gasteiger partial charge in [-0.25, -0.2) is 4.79 Å². The minimum absolute atomic E-state index is 0.120. The fourth-order valence-electron chi connectivity index (χ4n) is 0.985. The van der Waals surface area contributed by atoms with E-state index in [0.29, 0.717) is 5.56 Å². The average molecular weight is 221 g/mol. The van der Waals surface area contributed by atoms with Gasteiger partial charge in [0, 0.05) is 12.1 Å². The van der Waals surface area contributed by atoms with Gasteiger partial charge in [-0.15, -0.1) is 0 Å². The number of nitrogens with zero attached hydrogens (tertiary/aromatic N) is 1. The summed E-state index contributed by atoms with van der Waals surface area (Å²) in [6.45, 7) is 0. The summed E-state index contributed by atoms with van der Waals surface area (Å²) < 4.78 is 0. The molecule has 6 nitrogen and oxygen atoms in total. The minimum atomic E-state index is -1.57. The molecule has 1 rings (SSSR count). The maximum absolute atomic E-state index is 10.7. The average Bonchev–Trinajstić information content (AvgIpc) is 2.26. The molecule has 0 aliphatic carbocycles. The van der Waals surface area contributed by atoms with Crippen LogP contribution >= 0.6 is 0 Å². The van der Waals surface area contributed by atoms with Gasteiger partial charge < -0.3 is 5.11 Å². The predicted octanol–water partition coefficient (Wildman–Crippen LogP) is 1.26. The second kappa shape index (κ2) is 4.83. The van der Waals surface area contributed by atoms with E-state index < -0.39 is 16.7 Å². The van der Waals surface area contributed by atoms with Crippen molar-refractivity contribution in [1.82, 2.24) is 0 Å². The maximum atomic E-state index is 10.7. The molecule has 1 aromatic carbocycles. The molecule has 0 unspecified atom stereocenters. The lowest BCUT2D eigenvalue weighted by atomic mass is 10.2. The number of hydrogen-bond acceptors (Lipinski definition) is 4. The Kier molecular flexibility index (Phi) is 3.49. The lowest BCUT2D eigenvalue weighted by molar-refractivity contribution is -0.384. The molecule has 6 heteroatoms. The number of non-ortho nitro benzene ring substituents is 1. The third-order valence-corrected chi connectivity index (χ3v) is 1.72. The van der Waals surface area contributed by atoms with E-state index in [1.165, 1.54) is 30.3 Å². The number of benzene rings is 1. The van der Waals surface area contributed by atoms with Crippen LogP contribution in [0, 0.1) is 10.1 Å². The monoisotopic (exact) mass is 221 g/mol. The van der Waals surface area contributed by atoms with Gasteiger partial charge in [0.2, 0.25) is 0 Å². The number of nitro groups is 1. The molecule has 0 fully saturated rings. The van der Waals surface area contributed by atoms with Crippen LogP contribution in [-0.2, 0) is 9.59 Å². The van der Waals surface area contributed by atoms with E-state index in [1.807, 2.05) is 0 Å². The molecule has 0 radical (unpaired) electrons. The fourth-order valence-corrected chi connectivity index (χ4v) is 0.985. The van der Waals surface area contributed by atoms with Crippen molar-refractivity contribution in [3.63, 3.8) is 0 Å². The topological polar surface area (TPSA) is 97.5 Å². The predicted molar refractivity (Wildman–Crippen MR) is 54.8 cm³/mol. The molecule has 0 aliphatic rings. The second-order valence-corrected chi connectivity index (χ2v) is 2.85. The highest BCUT2D eigenvalue weighted by Gasteiger charge is 2.07. The highest BCUT2D eigenvalue weighted by molar-refractivity contribution is 6.38. The normalized spacial score (nSPS) is 10.2. The van der Waals surface area contributed by atoms with Gasteiger partial charge in [0.05, 0.1) is 4.92 Å². The first-order chi connectivity index (χ1) is 7.50. The van der Waals surface area contributed by atoms with Crippen LogP contribution in [-0.4, -0.2) is 21.8 Å². The number of carbonyl (C=O) groups is 2. The van der Waals surface area contributed by atoms with Crippen molar-refractivity contribution in [2.45, 2.75) is 0 Å². The zero-order valence-corrected chi connectivity index (χ0v) is 7.99. The molecule has 0 saturated carbocycles. The number of rotatable bonds is 4. The summed E-state index contributed by atoms with van der Waals surface area (Å²) in [6.07, 6.45) is 2.06. The van der Waals surface area contributed by atoms with Crippen molar-refractivity contribution >= 4 is 23.5 Å². The molecular weight excluding hydrogens is 214 g/mol. The molecule has 0 spiro atoms. The summed E-state index contributed by atoms with van der Waals surface area (Å²) in [7, 11) is 0. The number of ketones is 1. The van der Waals surface area contributed by atoms with Gasteiger partial charge in [-0.1, -0.05) is 18.2 Å². The molecule has 0 aliphatic heterocycles. The second-order valence-electron chi connectivity index (χ2n) is 2.85. The van der Waals surface area contributed by atoms with E-state index in [4.69, 9.17) is 5.11 Å². The molecule has 0 bridgehead atoms. The van der Waals surface area contributed by atoms with E-state index in [0.717, 1.165) is 6.08 Å². The smallest absolute Gasteiger partial charge is 0.376 e. The van der Waals surface area contributed by atoms with E-state index >= 15 is 0 Å². The first-order valence-electron chi connectivity index (χ1n) is 4.20. The summed E-state index contributed by atoms with van der Waals surface area (Å²) in [5, 5.41) is 18.7. The van der Waals surface area contributed by atoms with Crippen molar-refractivity contribution in [2.24, 2.45) is 0 Å². The SMILES string of the molecule is O=C(O)C(=O)/C=C\c1cccc([N+](=O)[O-])c1. The van der Waals surface area contributed by atoms with Crippen molar-refractivity contribution < 1.29 is 19.6 Å². The van der Waals surface area contributed by atoms with Crippen molar-refractivity contribution in [2.75, 3.05) is 0 Å². The quantitative estimate of drug-likeness (QED) is 0.357. The lowest BCUT2D eigenvalue weighted by Crippen LogP contribution is -2.08. The summed E-state index contributed by atoms with van der Waals surface area (Å²) in [6, 6.07) is 5.52. The standard InChI is InChI=1S/C10H7NO5/c12-9(10(13)14)5-4-7-2-1-3-8(6-7)11(15)16/h1-6H,(H,13,14)/b5-4-. The molecular formula is C10H7NO5. The molecule has 1 N–H and O–H groups in total. The number of carboxylic acids is 1. The third kappa shape index (κ3) is 3.02. The van der Waals surface area contributed by atoms with Gasteiger partial charge in [-0.3, -0.25) is 14.9 Å². The highest BCUT2D eigenvalue weighted by Crippen LogP contribution is 2.13. The Morgan fingerprint density at radius 1 is 1.38 bits per heavy atom. The Morgan fingerprint density at radius 2 is 2.06 bits per heavy atom. The number of carbonyl (C=O) groups excluding carboxylic acids is 1. The van der Waals surface area contributed by atoms with Gasteiger partial charge in [-0.05, 0) is 11.6 Å². The van der Waals surface area contributed by atoms with Crippen LogP contribution in [0.3, 0.4) is 0 Å². The zero-order chi connectivity index (χ0) is 12.1. The van der Waals surface area contributed by atoms with E-state index in [1.54, 1.807) is 0 Å². The van der Waals surface area contributed by atoms with E-state index in [9.17, 15) is 19.7 Å². The lowest BCUT2D eigenvalue weighted by Gasteiger charge is -1.93. The maximum Gasteiger partial charge on any atom is 0.376 e. The summed E-state index contributed by atoms with van der Waals surface area (Å²) in [5.41, 5.74) is 0.272. The minimum Gasteiger partial charge on any atom is -0.475 e. The summed E-state index contributed by atoms with van der Waals surface area (Å²) in [5.74, 6) is -2.65. The Balaban J connectivity index is 2.90. The number of nitro benzene ring substituents is 1. The Morgan fingerprint density at radius 3 is 2.62 bits per heavy atom. The molecule has 0 amide bonds. The van der Waals surface area contributed by atoms with Crippen LogP contribution in [0.4, 0.5) is 5.69 Å².